The molecule has 3 rings (SSSR count). The molecule has 2 aromatic carbocycles. The Labute approximate surface area is 108 Å². The minimum absolute atomic E-state index is 0.908. The number of furan rings is 1. The van der Waals surface area contributed by atoms with Crippen molar-refractivity contribution < 1.29 is 4.42 Å². The van der Waals surface area contributed by atoms with Crippen LogP contribution in [-0.2, 0) is 0 Å². The van der Waals surface area contributed by atoms with E-state index >= 15 is 0 Å². The van der Waals surface area contributed by atoms with Gasteiger partial charge < -0.3 is 4.42 Å². The van der Waals surface area contributed by atoms with E-state index in [1.807, 2.05) is 31.2 Å². The van der Waals surface area contributed by atoms with E-state index in [2.05, 4.69) is 40.2 Å². The number of benzene rings is 2. The van der Waals surface area contributed by atoms with Crippen molar-refractivity contribution in [2.24, 2.45) is 0 Å². The van der Waals surface area contributed by atoms with Crippen molar-refractivity contribution in [1.82, 2.24) is 0 Å². The predicted molar refractivity (Wildman–Crippen MR) is 74.1 cm³/mol. The van der Waals surface area contributed by atoms with Gasteiger partial charge >= 0.3 is 0 Å². The van der Waals surface area contributed by atoms with Gasteiger partial charge in [-0.25, -0.2) is 0 Å². The van der Waals surface area contributed by atoms with Gasteiger partial charge in [0.2, 0.25) is 0 Å². The SMILES string of the molecule is Cc1ccc(-c2c(Br)ccc3ccccc23)o1. The first-order chi connectivity index (χ1) is 8.25. The summed E-state index contributed by atoms with van der Waals surface area (Å²) in [5.41, 5.74) is 1.12. The molecule has 0 aliphatic carbocycles. The second kappa shape index (κ2) is 4.04. The van der Waals surface area contributed by atoms with Crippen LogP contribution in [0.2, 0.25) is 0 Å². The van der Waals surface area contributed by atoms with Crippen LogP contribution in [0.4, 0.5) is 0 Å². The van der Waals surface area contributed by atoms with Crippen LogP contribution in [0.15, 0.2) is 57.4 Å². The van der Waals surface area contributed by atoms with Crippen LogP contribution in [0.3, 0.4) is 0 Å². The third-order valence-corrected chi connectivity index (χ3v) is 3.53. The molecule has 0 spiro atoms. The molecule has 1 nitrogen and oxygen atoms in total. The first-order valence-electron chi connectivity index (χ1n) is 5.50. The van der Waals surface area contributed by atoms with Gasteiger partial charge in [-0.3, -0.25) is 0 Å². The Morgan fingerprint density at radius 2 is 1.76 bits per heavy atom. The standard InChI is InChI=1S/C15H11BrO/c1-10-6-9-14(17-10)15-12-5-3-2-4-11(12)7-8-13(15)16/h2-9H,1H3. The lowest BCUT2D eigenvalue weighted by Gasteiger charge is -2.06. The minimum Gasteiger partial charge on any atom is -0.461 e. The Hall–Kier alpha value is -1.54. The van der Waals surface area contributed by atoms with Gasteiger partial charge in [-0.2, -0.15) is 0 Å². The summed E-state index contributed by atoms with van der Waals surface area (Å²) < 4.78 is 6.79. The van der Waals surface area contributed by atoms with Crippen LogP contribution in [-0.4, -0.2) is 0 Å². The molecule has 1 heterocycles. The molecule has 3 aromatic rings. The summed E-state index contributed by atoms with van der Waals surface area (Å²) in [6.07, 6.45) is 0. The number of fused-ring (bicyclic) bond motifs is 1. The summed E-state index contributed by atoms with van der Waals surface area (Å²) in [4.78, 5) is 0. The molecule has 0 atom stereocenters. The van der Waals surface area contributed by atoms with Crippen LogP contribution in [0.1, 0.15) is 5.76 Å². The van der Waals surface area contributed by atoms with Crippen molar-refractivity contribution in [3.63, 3.8) is 0 Å². The van der Waals surface area contributed by atoms with E-state index in [4.69, 9.17) is 4.42 Å². The molecule has 0 amide bonds. The summed E-state index contributed by atoms with van der Waals surface area (Å²) in [5, 5.41) is 2.43. The molecule has 0 unspecified atom stereocenters. The molecule has 0 saturated carbocycles. The molecular formula is C15H11BrO. The zero-order chi connectivity index (χ0) is 11.8. The maximum Gasteiger partial charge on any atom is 0.136 e. The van der Waals surface area contributed by atoms with Gasteiger partial charge in [-0.1, -0.05) is 46.3 Å². The Morgan fingerprint density at radius 3 is 2.53 bits per heavy atom. The largest absolute Gasteiger partial charge is 0.461 e. The summed E-state index contributed by atoms with van der Waals surface area (Å²) in [7, 11) is 0. The van der Waals surface area contributed by atoms with Gasteiger partial charge in [0.15, 0.2) is 0 Å². The van der Waals surface area contributed by atoms with E-state index in [1.165, 1.54) is 10.8 Å². The van der Waals surface area contributed by atoms with Crippen molar-refractivity contribution in [2.45, 2.75) is 6.92 Å². The highest BCUT2D eigenvalue weighted by molar-refractivity contribution is 9.10. The third-order valence-electron chi connectivity index (χ3n) is 2.86. The van der Waals surface area contributed by atoms with E-state index in [9.17, 15) is 0 Å². The predicted octanol–water partition coefficient (Wildman–Crippen LogP) is 5.17. The van der Waals surface area contributed by atoms with Crippen molar-refractivity contribution in [1.29, 1.82) is 0 Å². The third kappa shape index (κ3) is 1.79. The quantitative estimate of drug-likeness (QED) is 0.601. The summed E-state index contributed by atoms with van der Waals surface area (Å²) in [6.45, 7) is 1.96. The molecule has 1 aromatic heterocycles. The van der Waals surface area contributed by atoms with Crippen molar-refractivity contribution in [2.75, 3.05) is 0 Å². The highest BCUT2D eigenvalue weighted by Crippen LogP contribution is 2.36. The van der Waals surface area contributed by atoms with Gasteiger partial charge in [0.25, 0.3) is 0 Å². The van der Waals surface area contributed by atoms with E-state index in [0.29, 0.717) is 0 Å². The van der Waals surface area contributed by atoms with Gasteiger partial charge in [-0.15, -0.1) is 0 Å². The smallest absolute Gasteiger partial charge is 0.136 e. The van der Waals surface area contributed by atoms with Crippen LogP contribution in [0.25, 0.3) is 22.1 Å². The normalized spacial score (nSPS) is 10.9. The molecule has 2 heteroatoms. The van der Waals surface area contributed by atoms with Crippen molar-refractivity contribution >= 4 is 26.7 Å². The fourth-order valence-electron chi connectivity index (χ4n) is 2.06. The number of hydrogen-bond acceptors (Lipinski definition) is 1. The van der Waals surface area contributed by atoms with Gasteiger partial charge in [0.05, 0.1) is 0 Å². The van der Waals surface area contributed by atoms with E-state index in [0.717, 1.165) is 21.6 Å². The molecule has 84 valence electrons. The van der Waals surface area contributed by atoms with E-state index < -0.39 is 0 Å². The maximum absolute atomic E-state index is 5.73. The highest BCUT2D eigenvalue weighted by Gasteiger charge is 2.11. The van der Waals surface area contributed by atoms with Crippen LogP contribution in [0.5, 0.6) is 0 Å². The summed E-state index contributed by atoms with van der Waals surface area (Å²) in [5.74, 6) is 1.84. The molecule has 0 bridgehead atoms. The average molecular weight is 287 g/mol. The lowest BCUT2D eigenvalue weighted by Crippen LogP contribution is -1.81. The first kappa shape index (κ1) is 10.6. The average Bonchev–Trinajstić information content (AvgIpc) is 2.75. The van der Waals surface area contributed by atoms with Gasteiger partial charge in [-0.05, 0) is 35.9 Å². The molecule has 0 saturated heterocycles. The van der Waals surface area contributed by atoms with Crippen molar-refractivity contribution in [3.8, 4) is 11.3 Å². The van der Waals surface area contributed by atoms with Crippen LogP contribution in [0, 0.1) is 6.92 Å². The Morgan fingerprint density at radius 1 is 0.941 bits per heavy atom. The fraction of sp³-hybridized carbons (Fsp3) is 0.0667. The van der Waals surface area contributed by atoms with Crippen molar-refractivity contribution in [3.05, 3.63) is 58.8 Å². The fourth-order valence-corrected chi connectivity index (χ4v) is 2.61. The lowest BCUT2D eigenvalue weighted by molar-refractivity contribution is 0.548. The number of hydrogen-bond donors (Lipinski definition) is 0. The zero-order valence-corrected chi connectivity index (χ0v) is 11.0. The zero-order valence-electron chi connectivity index (χ0n) is 9.41. The Bertz CT molecular complexity index is 682. The van der Waals surface area contributed by atoms with E-state index in [-0.39, 0.29) is 0 Å². The van der Waals surface area contributed by atoms with Crippen LogP contribution >= 0.6 is 15.9 Å². The Balaban J connectivity index is 2.38. The van der Waals surface area contributed by atoms with Gasteiger partial charge in [0.1, 0.15) is 11.5 Å². The summed E-state index contributed by atoms with van der Waals surface area (Å²) in [6, 6.07) is 16.5. The molecule has 0 aliphatic rings. The van der Waals surface area contributed by atoms with Crippen LogP contribution < -0.4 is 0 Å². The van der Waals surface area contributed by atoms with E-state index in [1.54, 1.807) is 0 Å². The minimum atomic E-state index is 0.908. The Kier molecular flexibility index (Phi) is 2.52. The molecular weight excluding hydrogens is 276 g/mol. The summed E-state index contributed by atoms with van der Waals surface area (Å²) >= 11 is 3.60. The molecule has 0 radical (unpaired) electrons. The second-order valence-corrected chi connectivity index (χ2v) is 4.91. The highest BCUT2D eigenvalue weighted by atomic mass is 79.9. The maximum atomic E-state index is 5.73. The second-order valence-electron chi connectivity index (χ2n) is 4.05. The molecule has 0 fully saturated rings. The molecule has 17 heavy (non-hydrogen) atoms. The number of aryl methyl sites for hydroxylation is 1. The number of rotatable bonds is 1. The number of halogens is 1. The monoisotopic (exact) mass is 286 g/mol. The molecule has 0 N–H and O–H groups in total. The first-order valence-corrected chi connectivity index (χ1v) is 6.29. The molecule has 0 aliphatic heterocycles. The van der Waals surface area contributed by atoms with Gasteiger partial charge in [0, 0.05) is 10.0 Å². The lowest BCUT2D eigenvalue weighted by atomic mass is 10.0. The topological polar surface area (TPSA) is 13.1 Å².